The van der Waals surface area contributed by atoms with E-state index in [1.165, 1.54) is 6.92 Å². The van der Waals surface area contributed by atoms with Crippen molar-refractivity contribution < 1.29 is 20.7 Å². The summed E-state index contributed by atoms with van der Waals surface area (Å²) in [5.41, 5.74) is 0. The summed E-state index contributed by atoms with van der Waals surface area (Å²) >= 11 is 0. The van der Waals surface area contributed by atoms with Crippen LogP contribution in [0, 0.1) is 0 Å². The SMILES string of the molecule is CC(O)C(=O)O.Cl.[Ca+2].[H-].[H-].[H-].[H-].[Mg+2]. The maximum atomic E-state index is 9.45. The van der Waals surface area contributed by atoms with Crippen LogP contribution in [0.4, 0.5) is 0 Å². The molecule has 0 saturated heterocycles. The van der Waals surface area contributed by atoms with Crippen molar-refractivity contribution in [1.29, 1.82) is 0 Å². The monoisotopic (exact) mass is 194 g/mol. The predicted octanol–water partition coefficient (Wildman–Crippen LogP) is -0.438. The Kier molecular flexibility index (Phi) is 31.0. The van der Waals surface area contributed by atoms with Gasteiger partial charge in [-0.05, 0) is 6.92 Å². The summed E-state index contributed by atoms with van der Waals surface area (Å²) in [6, 6.07) is 0. The number of carbonyl (C=O) groups is 1. The molecule has 52 valence electrons. The van der Waals surface area contributed by atoms with Crippen LogP contribution in [0.2, 0.25) is 0 Å². The molecule has 6 heteroatoms. The first-order valence-electron chi connectivity index (χ1n) is 1.55. The fourth-order valence-corrected chi connectivity index (χ4v) is 0. The first-order chi connectivity index (χ1) is 2.64. The van der Waals surface area contributed by atoms with Gasteiger partial charge in [-0.25, -0.2) is 4.79 Å². The average molecular weight is 195 g/mol. The van der Waals surface area contributed by atoms with Gasteiger partial charge in [-0.15, -0.1) is 12.4 Å². The molecule has 0 radical (unpaired) electrons. The average Bonchev–Trinajstić information content (AvgIpc) is 1.36. The van der Waals surface area contributed by atoms with Crippen molar-refractivity contribution in [2.24, 2.45) is 0 Å². The van der Waals surface area contributed by atoms with Crippen LogP contribution < -0.4 is 0 Å². The fraction of sp³-hybridized carbons (Fsp3) is 0.667. The van der Waals surface area contributed by atoms with Crippen LogP contribution in [0.5, 0.6) is 0 Å². The standard InChI is InChI=1S/C3H6O3.Ca.ClH.Mg.4H/c1-2(4)3(5)6;;;;;;;/h2,4H,1H3,(H,5,6);;1H;;;;;/q;+2;;+2;4*-1. The Morgan fingerprint density at radius 3 is 1.78 bits per heavy atom. The largest absolute Gasteiger partial charge is 2.00 e. The summed E-state index contributed by atoms with van der Waals surface area (Å²) in [5, 5.41) is 15.8. The molecule has 0 spiro atoms. The molecule has 0 aliphatic heterocycles. The number of rotatable bonds is 1. The summed E-state index contributed by atoms with van der Waals surface area (Å²) in [6.45, 7) is 1.20. The Morgan fingerprint density at radius 2 is 1.78 bits per heavy atom. The Morgan fingerprint density at radius 1 is 1.67 bits per heavy atom. The van der Waals surface area contributed by atoms with Crippen molar-refractivity contribution >= 4 is 79.2 Å². The Labute approximate surface area is 112 Å². The zero-order chi connectivity index (χ0) is 5.15. The normalized spacial score (nSPS) is 9.11. The van der Waals surface area contributed by atoms with Crippen LogP contribution in [0.1, 0.15) is 12.6 Å². The van der Waals surface area contributed by atoms with Crippen molar-refractivity contribution in [3.8, 4) is 0 Å². The molecule has 0 saturated carbocycles. The maximum Gasteiger partial charge on any atom is 2.00 e. The molecule has 0 aromatic heterocycles. The van der Waals surface area contributed by atoms with Crippen molar-refractivity contribution in [2.45, 2.75) is 13.0 Å². The minimum absolute atomic E-state index is 0. The first kappa shape index (κ1) is 22.4. The van der Waals surface area contributed by atoms with Gasteiger partial charge in [0.15, 0.2) is 0 Å². The Balaban J connectivity index is -0.00000000595. The van der Waals surface area contributed by atoms with E-state index >= 15 is 0 Å². The maximum absolute atomic E-state index is 9.45. The molecule has 0 rings (SSSR count). The van der Waals surface area contributed by atoms with E-state index in [4.69, 9.17) is 10.2 Å². The minimum Gasteiger partial charge on any atom is -1.00 e. The molecule has 2 N–H and O–H groups in total. The molecular weight excluding hydrogens is 184 g/mol. The van der Waals surface area contributed by atoms with E-state index in [1.807, 2.05) is 0 Å². The van der Waals surface area contributed by atoms with Crippen LogP contribution in [0.3, 0.4) is 0 Å². The van der Waals surface area contributed by atoms with E-state index < -0.39 is 12.1 Å². The number of aliphatic carboxylic acids is 1. The summed E-state index contributed by atoms with van der Waals surface area (Å²) < 4.78 is 0. The zero-order valence-corrected chi connectivity index (χ0v) is 9.64. The van der Waals surface area contributed by atoms with Crippen molar-refractivity contribution in [2.75, 3.05) is 0 Å². The second-order valence-electron chi connectivity index (χ2n) is 1.01. The second-order valence-corrected chi connectivity index (χ2v) is 1.01. The molecule has 3 nitrogen and oxygen atoms in total. The minimum atomic E-state index is -1.23. The van der Waals surface area contributed by atoms with E-state index in [0.717, 1.165) is 0 Å². The number of aliphatic hydroxyl groups excluding tert-OH is 1. The van der Waals surface area contributed by atoms with Gasteiger partial charge in [0.1, 0.15) is 6.10 Å². The van der Waals surface area contributed by atoms with E-state index in [-0.39, 0.29) is 78.9 Å². The molecular formula is C3H11CaClMgO3. The Bertz CT molecular complexity index is 81.7. The Hall–Kier alpha value is 1.75. The van der Waals surface area contributed by atoms with Gasteiger partial charge < -0.3 is 15.9 Å². The molecule has 9 heavy (non-hydrogen) atoms. The summed E-state index contributed by atoms with van der Waals surface area (Å²) in [4.78, 5) is 9.45. The number of aliphatic hydroxyl groups is 1. The second kappa shape index (κ2) is 12.4. The molecule has 0 fully saturated rings. The van der Waals surface area contributed by atoms with Crippen molar-refractivity contribution in [3.63, 3.8) is 0 Å². The number of halogens is 1. The summed E-state index contributed by atoms with van der Waals surface area (Å²) in [5.74, 6) is -1.19. The van der Waals surface area contributed by atoms with Gasteiger partial charge in [0.25, 0.3) is 0 Å². The van der Waals surface area contributed by atoms with Crippen LogP contribution in [-0.2, 0) is 4.79 Å². The van der Waals surface area contributed by atoms with Gasteiger partial charge in [0.2, 0.25) is 0 Å². The van der Waals surface area contributed by atoms with E-state index in [2.05, 4.69) is 0 Å². The third-order valence-corrected chi connectivity index (χ3v) is 0.357. The van der Waals surface area contributed by atoms with Crippen LogP contribution >= 0.6 is 12.4 Å². The van der Waals surface area contributed by atoms with Crippen LogP contribution in [0.15, 0.2) is 0 Å². The van der Waals surface area contributed by atoms with Gasteiger partial charge in [-0.2, -0.15) is 0 Å². The van der Waals surface area contributed by atoms with E-state index in [1.54, 1.807) is 0 Å². The topological polar surface area (TPSA) is 57.5 Å². The number of carboxylic acid groups (broad SMARTS) is 1. The molecule has 1 unspecified atom stereocenters. The van der Waals surface area contributed by atoms with Gasteiger partial charge in [0.05, 0.1) is 0 Å². The molecule has 0 heterocycles. The smallest absolute Gasteiger partial charge is 1.00 e. The molecule has 0 aromatic rings. The molecule has 0 aromatic carbocycles. The summed E-state index contributed by atoms with van der Waals surface area (Å²) in [7, 11) is 0. The number of hydrogen-bond acceptors (Lipinski definition) is 2. The molecule has 1 atom stereocenters. The molecule has 0 aliphatic carbocycles. The third-order valence-electron chi connectivity index (χ3n) is 0.357. The van der Waals surface area contributed by atoms with Crippen LogP contribution in [0.25, 0.3) is 0 Å². The quantitative estimate of drug-likeness (QED) is 0.557. The molecule has 0 amide bonds. The van der Waals surface area contributed by atoms with Crippen molar-refractivity contribution in [1.82, 2.24) is 0 Å². The summed E-state index contributed by atoms with van der Waals surface area (Å²) in [6.07, 6.45) is -1.23. The van der Waals surface area contributed by atoms with Crippen LogP contribution in [-0.4, -0.2) is 83.1 Å². The van der Waals surface area contributed by atoms with Gasteiger partial charge in [0, 0.05) is 0 Å². The fourth-order valence-electron chi connectivity index (χ4n) is 0. The van der Waals surface area contributed by atoms with Gasteiger partial charge in [-0.3, -0.25) is 0 Å². The first-order valence-corrected chi connectivity index (χ1v) is 1.55. The number of carboxylic acids is 1. The zero-order valence-electron chi connectivity index (χ0n) is 9.20. The third kappa shape index (κ3) is 17.7. The van der Waals surface area contributed by atoms with Gasteiger partial charge in [-0.1, -0.05) is 0 Å². The molecule has 0 aliphatic rings. The predicted molar refractivity (Wildman–Crippen MR) is 42.5 cm³/mol. The van der Waals surface area contributed by atoms with Gasteiger partial charge >= 0.3 is 66.8 Å². The van der Waals surface area contributed by atoms with Crippen molar-refractivity contribution in [3.05, 3.63) is 0 Å². The number of hydrogen-bond donors (Lipinski definition) is 2. The molecule has 0 bridgehead atoms. The van der Waals surface area contributed by atoms with E-state index in [0.29, 0.717) is 0 Å². The van der Waals surface area contributed by atoms with E-state index in [9.17, 15) is 4.79 Å².